The molecule has 0 aliphatic carbocycles. The van der Waals surface area contributed by atoms with Crippen LogP contribution < -0.4 is 5.73 Å². The molecular weight excluding hydrogens is 144 g/mol. The predicted molar refractivity (Wildman–Crippen MR) is 44.5 cm³/mol. The van der Waals surface area contributed by atoms with Gasteiger partial charge in [-0.05, 0) is 0 Å². The van der Waals surface area contributed by atoms with E-state index in [1.165, 1.54) is 0 Å². The van der Waals surface area contributed by atoms with Crippen LogP contribution >= 0.6 is 0 Å². The number of amidine groups is 2. The van der Waals surface area contributed by atoms with E-state index < -0.39 is 0 Å². The summed E-state index contributed by atoms with van der Waals surface area (Å²) in [5.74, 6) is 0.283. The van der Waals surface area contributed by atoms with Crippen LogP contribution in [0.15, 0.2) is 4.99 Å². The first-order chi connectivity index (χ1) is 5.20. The summed E-state index contributed by atoms with van der Waals surface area (Å²) >= 11 is 0. The molecule has 0 radical (unpaired) electrons. The van der Waals surface area contributed by atoms with E-state index in [0.29, 0.717) is 0 Å². The molecule has 0 saturated carbocycles. The zero-order chi connectivity index (χ0) is 8.69. The number of hydrogen-bond acceptors (Lipinski definition) is 3. The van der Waals surface area contributed by atoms with Crippen molar-refractivity contribution in [3.8, 4) is 0 Å². The molecule has 0 aliphatic heterocycles. The molecule has 0 aromatic heterocycles. The monoisotopic (exact) mass is 156 g/mol. The fourth-order valence-electron chi connectivity index (χ4n) is 0.485. The van der Waals surface area contributed by atoms with Crippen LogP contribution in [0.25, 0.3) is 0 Å². The standard InChI is InChI=1S/C6H12N4O/c7-3-1-5(8)10-6(9)2-4-11/h3,7,11H,1-2,4H2,(H3,8,9,10). The van der Waals surface area contributed by atoms with Gasteiger partial charge in [-0.15, -0.1) is 0 Å². The van der Waals surface area contributed by atoms with Crippen molar-refractivity contribution in [2.45, 2.75) is 12.8 Å². The minimum Gasteiger partial charge on any atom is -0.396 e. The van der Waals surface area contributed by atoms with Crippen molar-refractivity contribution in [1.29, 1.82) is 10.8 Å². The van der Waals surface area contributed by atoms with Crippen molar-refractivity contribution in [1.82, 2.24) is 0 Å². The number of hydrogen-bond donors (Lipinski definition) is 4. The molecule has 0 heterocycles. The van der Waals surface area contributed by atoms with Crippen LogP contribution in [0.4, 0.5) is 0 Å². The number of nitrogens with one attached hydrogen (secondary N) is 2. The Hall–Kier alpha value is -1.23. The fraction of sp³-hybridized carbons (Fsp3) is 0.500. The molecule has 5 nitrogen and oxygen atoms in total. The Morgan fingerprint density at radius 2 is 2.27 bits per heavy atom. The van der Waals surface area contributed by atoms with Crippen molar-refractivity contribution < 1.29 is 5.11 Å². The van der Waals surface area contributed by atoms with Crippen LogP contribution in [0.3, 0.4) is 0 Å². The van der Waals surface area contributed by atoms with Crippen LogP contribution in [0.5, 0.6) is 0 Å². The lowest BCUT2D eigenvalue weighted by Crippen LogP contribution is -2.14. The molecule has 0 unspecified atom stereocenters. The highest BCUT2D eigenvalue weighted by molar-refractivity contribution is 5.99. The number of rotatable bonds is 4. The molecule has 0 spiro atoms. The summed E-state index contributed by atoms with van der Waals surface area (Å²) in [5, 5.41) is 22.2. The predicted octanol–water partition coefficient (Wildman–Crippen LogP) is -0.257. The number of nitrogens with two attached hydrogens (primary N) is 1. The average Bonchev–Trinajstić information content (AvgIpc) is 1.87. The van der Waals surface area contributed by atoms with E-state index >= 15 is 0 Å². The second-order valence-electron chi connectivity index (χ2n) is 1.93. The Bertz CT molecular complexity index is 175. The van der Waals surface area contributed by atoms with Gasteiger partial charge in [-0.1, -0.05) is 0 Å². The summed E-state index contributed by atoms with van der Waals surface area (Å²) in [4.78, 5) is 3.62. The van der Waals surface area contributed by atoms with E-state index in [-0.39, 0.29) is 31.1 Å². The molecule has 0 aromatic carbocycles. The first-order valence-electron chi connectivity index (χ1n) is 3.21. The van der Waals surface area contributed by atoms with Crippen molar-refractivity contribution in [2.24, 2.45) is 10.7 Å². The van der Waals surface area contributed by atoms with Gasteiger partial charge in [0.05, 0.1) is 6.61 Å². The Balaban J connectivity index is 3.85. The van der Waals surface area contributed by atoms with E-state index in [9.17, 15) is 0 Å². The normalized spacial score (nSPS) is 11.2. The Kier molecular flexibility index (Phi) is 4.93. The van der Waals surface area contributed by atoms with Gasteiger partial charge >= 0.3 is 0 Å². The smallest absolute Gasteiger partial charge is 0.124 e. The zero-order valence-electron chi connectivity index (χ0n) is 6.17. The highest BCUT2D eigenvalue weighted by Crippen LogP contribution is 1.85. The Morgan fingerprint density at radius 3 is 2.73 bits per heavy atom. The molecule has 0 aromatic rings. The molecule has 0 atom stereocenters. The summed E-state index contributed by atoms with van der Waals surface area (Å²) in [6.45, 7) is -0.0970. The Morgan fingerprint density at radius 1 is 1.64 bits per heavy atom. The first kappa shape index (κ1) is 9.77. The number of aliphatic hydroxyl groups is 1. The second kappa shape index (κ2) is 5.55. The minimum absolute atomic E-state index is 0.0480. The maximum atomic E-state index is 8.38. The number of aliphatic imine (C=N–C) groups is 1. The van der Waals surface area contributed by atoms with Crippen molar-refractivity contribution in [2.75, 3.05) is 6.61 Å². The minimum atomic E-state index is -0.0970. The summed E-state index contributed by atoms with van der Waals surface area (Å²) < 4.78 is 0. The van der Waals surface area contributed by atoms with Gasteiger partial charge in [-0.2, -0.15) is 0 Å². The third-order valence-corrected chi connectivity index (χ3v) is 0.938. The third kappa shape index (κ3) is 5.23. The van der Waals surface area contributed by atoms with Gasteiger partial charge in [0, 0.05) is 19.1 Å². The van der Waals surface area contributed by atoms with Gasteiger partial charge in [0.15, 0.2) is 0 Å². The molecule has 0 saturated heterocycles. The van der Waals surface area contributed by atoms with Crippen molar-refractivity contribution in [3.63, 3.8) is 0 Å². The summed E-state index contributed by atoms with van der Waals surface area (Å²) in [7, 11) is 0. The van der Waals surface area contributed by atoms with Crippen LogP contribution in [0.2, 0.25) is 0 Å². The number of nitrogens with zero attached hydrogens (tertiary/aromatic N) is 1. The lowest BCUT2D eigenvalue weighted by molar-refractivity contribution is 0.306. The second-order valence-corrected chi connectivity index (χ2v) is 1.93. The van der Waals surface area contributed by atoms with Gasteiger partial charge in [-0.25, -0.2) is 4.99 Å². The molecule has 11 heavy (non-hydrogen) atoms. The first-order valence-corrected chi connectivity index (χ1v) is 3.21. The van der Waals surface area contributed by atoms with E-state index in [4.69, 9.17) is 21.7 Å². The molecule has 0 bridgehead atoms. The van der Waals surface area contributed by atoms with E-state index in [1.54, 1.807) is 0 Å². The van der Waals surface area contributed by atoms with Gasteiger partial charge in [0.25, 0.3) is 0 Å². The fourth-order valence-corrected chi connectivity index (χ4v) is 0.485. The molecule has 5 N–H and O–H groups in total. The lowest BCUT2D eigenvalue weighted by atomic mass is 10.4. The summed E-state index contributed by atoms with van der Waals surface area (Å²) in [5.41, 5.74) is 5.29. The molecule has 5 heteroatoms. The van der Waals surface area contributed by atoms with E-state index in [2.05, 4.69) is 4.99 Å². The van der Waals surface area contributed by atoms with E-state index in [1.807, 2.05) is 0 Å². The highest BCUT2D eigenvalue weighted by atomic mass is 16.3. The zero-order valence-corrected chi connectivity index (χ0v) is 6.17. The molecular formula is C6H12N4O. The molecule has 0 aliphatic rings. The SMILES string of the molecule is N=CCC(N)=NC(=N)CCO. The molecule has 0 rings (SSSR count). The maximum absolute atomic E-state index is 8.38. The van der Waals surface area contributed by atoms with Crippen LogP contribution in [-0.2, 0) is 0 Å². The van der Waals surface area contributed by atoms with E-state index in [0.717, 1.165) is 6.21 Å². The van der Waals surface area contributed by atoms with Crippen LogP contribution in [-0.4, -0.2) is 29.6 Å². The van der Waals surface area contributed by atoms with Crippen LogP contribution in [0.1, 0.15) is 12.8 Å². The largest absolute Gasteiger partial charge is 0.396 e. The summed E-state index contributed by atoms with van der Waals surface area (Å²) in [6, 6.07) is 0. The third-order valence-electron chi connectivity index (χ3n) is 0.938. The van der Waals surface area contributed by atoms with Gasteiger partial charge in [0.2, 0.25) is 0 Å². The van der Waals surface area contributed by atoms with Gasteiger partial charge in [0.1, 0.15) is 11.7 Å². The quantitative estimate of drug-likeness (QED) is 0.332. The Labute approximate surface area is 65.0 Å². The lowest BCUT2D eigenvalue weighted by Gasteiger charge is -1.95. The highest BCUT2D eigenvalue weighted by Gasteiger charge is 1.93. The maximum Gasteiger partial charge on any atom is 0.124 e. The molecule has 0 fully saturated rings. The molecule has 0 amide bonds. The average molecular weight is 156 g/mol. The number of aliphatic hydroxyl groups excluding tert-OH is 1. The van der Waals surface area contributed by atoms with Gasteiger partial charge in [-0.3, -0.25) is 5.41 Å². The topological polar surface area (TPSA) is 106 Å². The van der Waals surface area contributed by atoms with Crippen molar-refractivity contribution >= 4 is 17.9 Å². The molecule has 62 valence electrons. The van der Waals surface area contributed by atoms with Crippen LogP contribution in [0, 0.1) is 10.8 Å². The van der Waals surface area contributed by atoms with Crippen molar-refractivity contribution in [3.05, 3.63) is 0 Å². The summed E-state index contributed by atoms with van der Waals surface area (Å²) in [6.07, 6.45) is 1.58. The van der Waals surface area contributed by atoms with Gasteiger partial charge < -0.3 is 16.2 Å².